The topological polar surface area (TPSA) is 55.4 Å². The standard InChI is InChI=1S/C18H17F2NO3/c1-12-4-2-3-5-13(12)6-7-21-17(22)11-24-18(23)14-8-15(19)10-16(20)9-14/h2-5,8-10H,6-7,11H2,1H3,(H,21,22). The number of amides is 1. The first-order chi connectivity index (χ1) is 11.5. The SMILES string of the molecule is Cc1ccccc1CCNC(=O)COC(=O)c1cc(F)cc(F)c1. The van der Waals surface area contributed by atoms with E-state index in [1.807, 2.05) is 31.2 Å². The van der Waals surface area contributed by atoms with Crippen LogP contribution in [0, 0.1) is 18.6 Å². The minimum Gasteiger partial charge on any atom is -0.452 e. The van der Waals surface area contributed by atoms with Crippen molar-refractivity contribution in [2.75, 3.05) is 13.2 Å². The number of carbonyl (C=O) groups excluding carboxylic acids is 2. The van der Waals surface area contributed by atoms with Crippen molar-refractivity contribution in [1.29, 1.82) is 0 Å². The zero-order valence-corrected chi connectivity index (χ0v) is 13.1. The van der Waals surface area contributed by atoms with E-state index in [2.05, 4.69) is 5.32 Å². The van der Waals surface area contributed by atoms with Crippen molar-refractivity contribution in [3.63, 3.8) is 0 Å². The van der Waals surface area contributed by atoms with Gasteiger partial charge in [0.1, 0.15) is 11.6 Å². The summed E-state index contributed by atoms with van der Waals surface area (Å²) in [5.74, 6) is -3.20. The van der Waals surface area contributed by atoms with Gasteiger partial charge in [-0.3, -0.25) is 4.79 Å². The Morgan fingerprint density at radius 3 is 2.42 bits per heavy atom. The molecule has 0 aliphatic heterocycles. The van der Waals surface area contributed by atoms with Crippen LogP contribution in [0.3, 0.4) is 0 Å². The summed E-state index contributed by atoms with van der Waals surface area (Å²) < 4.78 is 30.8. The van der Waals surface area contributed by atoms with Gasteiger partial charge in [0.2, 0.25) is 0 Å². The van der Waals surface area contributed by atoms with E-state index in [0.29, 0.717) is 19.0 Å². The molecule has 0 aliphatic rings. The first kappa shape index (κ1) is 17.6. The smallest absolute Gasteiger partial charge is 0.338 e. The van der Waals surface area contributed by atoms with Gasteiger partial charge in [-0.05, 0) is 36.6 Å². The van der Waals surface area contributed by atoms with E-state index in [9.17, 15) is 18.4 Å². The fourth-order valence-corrected chi connectivity index (χ4v) is 2.16. The Labute approximate surface area is 138 Å². The van der Waals surface area contributed by atoms with Gasteiger partial charge in [0.15, 0.2) is 6.61 Å². The van der Waals surface area contributed by atoms with Crippen LogP contribution in [0.15, 0.2) is 42.5 Å². The second kappa shape index (κ2) is 8.19. The molecule has 24 heavy (non-hydrogen) atoms. The average Bonchev–Trinajstić information content (AvgIpc) is 2.53. The van der Waals surface area contributed by atoms with Crippen LogP contribution >= 0.6 is 0 Å². The van der Waals surface area contributed by atoms with Gasteiger partial charge in [0.05, 0.1) is 5.56 Å². The summed E-state index contributed by atoms with van der Waals surface area (Å²) in [7, 11) is 0. The molecule has 2 rings (SSSR count). The number of esters is 1. The number of carbonyl (C=O) groups is 2. The van der Waals surface area contributed by atoms with Crippen molar-refractivity contribution in [1.82, 2.24) is 5.32 Å². The van der Waals surface area contributed by atoms with Crippen molar-refractivity contribution in [2.24, 2.45) is 0 Å². The quantitative estimate of drug-likeness (QED) is 0.827. The first-order valence-electron chi connectivity index (χ1n) is 7.40. The average molecular weight is 333 g/mol. The fraction of sp³-hybridized carbons (Fsp3) is 0.222. The summed E-state index contributed by atoms with van der Waals surface area (Å²) in [5.41, 5.74) is 1.97. The van der Waals surface area contributed by atoms with Crippen LogP contribution in [-0.2, 0) is 16.0 Å². The molecule has 2 aromatic rings. The third-order valence-electron chi connectivity index (χ3n) is 3.41. The van der Waals surface area contributed by atoms with Crippen LogP contribution in [0.4, 0.5) is 8.78 Å². The van der Waals surface area contributed by atoms with Gasteiger partial charge in [-0.25, -0.2) is 13.6 Å². The second-order valence-corrected chi connectivity index (χ2v) is 5.26. The van der Waals surface area contributed by atoms with Gasteiger partial charge < -0.3 is 10.1 Å². The molecule has 0 radical (unpaired) electrons. The highest BCUT2D eigenvalue weighted by Gasteiger charge is 2.12. The number of aryl methyl sites for hydroxylation is 1. The van der Waals surface area contributed by atoms with Crippen LogP contribution in [0.2, 0.25) is 0 Å². The number of benzene rings is 2. The van der Waals surface area contributed by atoms with E-state index >= 15 is 0 Å². The molecule has 6 heteroatoms. The lowest BCUT2D eigenvalue weighted by molar-refractivity contribution is -0.124. The Morgan fingerprint density at radius 2 is 1.75 bits per heavy atom. The minimum atomic E-state index is -0.956. The molecule has 126 valence electrons. The Bertz CT molecular complexity index is 727. The van der Waals surface area contributed by atoms with Crippen molar-refractivity contribution >= 4 is 11.9 Å². The molecule has 0 aliphatic carbocycles. The van der Waals surface area contributed by atoms with Crippen LogP contribution in [0.1, 0.15) is 21.5 Å². The summed E-state index contributed by atoms with van der Waals surface area (Å²) >= 11 is 0. The van der Waals surface area contributed by atoms with E-state index in [1.165, 1.54) is 0 Å². The highest BCUT2D eigenvalue weighted by Crippen LogP contribution is 2.09. The third-order valence-corrected chi connectivity index (χ3v) is 3.41. The van der Waals surface area contributed by atoms with E-state index in [-0.39, 0.29) is 5.56 Å². The maximum atomic E-state index is 13.0. The van der Waals surface area contributed by atoms with Crippen molar-refractivity contribution in [3.8, 4) is 0 Å². The van der Waals surface area contributed by atoms with Gasteiger partial charge in [-0.15, -0.1) is 0 Å². The van der Waals surface area contributed by atoms with Gasteiger partial charge in [0.25, 0.3) is 5.91 Å². The minimum absolute atomic E-state index is 0.278. The molecule has 1 N–H and O–H groups in total. The number of nitrogens with one attached hydrogen (secondary N) is 1. The summed E-state index contributed by atoms with van der Waals surface area (Å²) in [6, 6.07) is 10.2. The molecule has 0 unspecified atom stereocenters. The molecule has 0 saturated carbocycles. The molecule has 0 fully saturated rings. The van der Waals surface area contributed by atoms with Crippen LogP contribution in [0.5, 0.6) is 0 Å². The molecular weight excluding hydrogens is 316 g/mol. The lowest BCUT2D eigenvalue weighted by atomic mass is 10.1. The van der Waals surface area contributed by atoms with Crippen molar-refractivity contribution < 1.29 is 23.1 Å². The summed E-state index contributed by atoms with van der Waals surface area (Å²) in [6.45, 7) is 1.87. The molecule has 0 spiro atoms. The first-order valence-corrected chi connectivity index (χ1v) is 7.40. The van der Waals surface area contributed by atoms with E-state index < -0.39 is 30.1 Å². The molecule has 0 saturated heterocycles. The van der Waals surface area contributed by atoms with E-state index in [1.54, 1.807) is 0 Å². The summed E-state index contributed by atoms with van der Waals surface area (Å²) in [6.07, 6.45) is 0.654. The van der Waals surface area contributed by atoms with Gasteiger partial charge in [0, 0.05) is 12.6 Å². The Morgan fingerprint density at radius 1 is 1.08 bits per heavy atom. The Hall–Kier alpha value is -2.76. The lowest BCUT2D eigenvalue weighted by Crippen LogP contribution is -2.30. The number of halogens is 2. The fourth-order valence-electron chi connectivity index (χ4n) is 2.16. The molecule has 0 heterocycles. The van der Waals surface area contributed by atoms with Crippen LogP contribution < -0.4 is 5.32 Å². The second-order valence-electron chi connectivity index (χ2n) is 5.26. The van der Waals surface area contributed by atoms with E-state index in [4.69, 9.17) is 4.74 Å². The van der Waals surface area contributed by atoms with Crippen molar-refractivity contribution in [2.45, 2.75) is 13.3 Å². The Kier molecular flexibility index (Phi) is 6.01. The molecule has 4 nitrogen and oxygen atoms in total. The monoisotopic (exact) mass is 333 g/mol. The van der Waals surface area contributed by atoms with E-state index in [0.717, 1.165) is 23.3 Å². The Balaban J connectivity index is 1.76. The predicted octanol–water partition coefficient (Wildman–Crippen LogP) is 2.79. The maximum absolute atomic E-state index is 13.0. The number of rotatable bonds is 6. The molecule has 0 atom stereocenters. The lowest BCUT2D eigenvalue weighted by Gasteiger charge is -2.08. The predicted molar refractivity (Wildman–Crippen MR) is 84.5 cm³/mol. The third kappa shape index (κ3) is 5.15. The van der Waals surface area contributed by atoms with Gasteiger partial charge >= 0.3 is 5.97 Å². The molecule has 0 bridgehead atoms. The zero-order valence-electron chi connectivity index (χ0n) is 13.1. The number of hydrogen-bond donors (Lipinski definition) is 1. The van der Waals surface area contributed by atoms with Crippen molar-refractivity contribution in [3.05, 3.63) is 70.8 Å². The molecule has 0 aromatic heterocycles. The zero-order chi connectivity index (χ0) is 17.5. The normalized spacial score (nSPS) is 10.3. The van der Waals surface area contributed by atoms with Gasteiger partial charge in [-0.2, -0.15) is 0 Å². The molecule has 1 amide bonds. The number of hydrogen-bond acceptors (Lipinski definition) is 3. The maximum Gasteiger partial charge on any atom is 0.338 e. The van der Waals surface area contributed by atoms with Crippen LogP contribution in [-0.4, -0.2) is 25.0 Å². The summed E-state index contributed by atoms with van der Waals surface area (Å²) in [5, 5.41) is 2.62. The summed E-state index contributed by atoms with van der Waals surface area (Å²) in [4.78, 5) is 23.3. The van der Waals surface area contributed by atoms with Gasteiger partial charge in [-0.1, -0.05) is 24.3 Å². The van der Waals surface area contributed by atoms with Crippen LogP contribution in [0.25, 0.3) is 0 Å². The molecule has 2 aromatic carbocycles. The number of ether oxygens (including phenoxy) is 1. The highest BCUT2D eigenvalue weighted by atomic mass is 19.1. The highest BCUT2D eigenvalue weighted by molar-refractivity contribution is 5.91. The largest absolute Gasteiger partial charge is 0.452 e. The molecular formula is C18H17F2NO3.